The highest BCUT2D eigenvalue weighted by Crippen LogP contribution is 2.41. The fourth-order valence-electron chi connectivity index (χ4n) is 4.77. The van der Waals surface area contributed by atoms with Crippen molar-refractivity contribution in [1.29, 1.82) is 0 Å². The van der Waals surface area contributed by atoms with Gasteiger partial charge in [0.25, 0.3) is 10.0 Å². The lowest BCUT2D eigenvalue weighted by Gasteiger charge is -2.09. The zero-order valence-corrected chi connectivity index (χ0v) is 21.2. The lowest BCUT2D eigenvalue weighted by atomic mass is 10.1. The summed E-state index contributed by atoms with van der Waals surface area (Å²) in [7, 11) is -3.83. The van der Waals surface area contributed by atoms with Crippen LogP contribution in [-0.4, -0.2) is 32.3 Å². The Hall–Kier alpha value is -3.91. The molecule has 184 valence electrons. The van der Waals surface area contributed by atoms with E-state index in [1.165, 1.54) is 3.97 Å². The van der Waals surface area contributed by atoms with Gasteiger partial charge in [-0.1, -0.05) is 23.8 Å². The van der Waals surface area contributed by atoms with Crippen molar-refractivity contribution in [3.8, 4) is 22.5 Å². The molecule has 0 radical (unpaired) electrons. The molecule has 5 aromatic rings. The fraction of sp³-hybridized carbons (Fsp3) is 0.241. The summed E-state index contributed by atoms with van der Waals surface area (Å²) in [4.78, 5) is 18.9. The van der Waals surface area contributed by atoms with E-state index in [9.17, 15) is 8.42 Å². The molecular formula is C29H25N5O2S. The van der Waals surface area contributed by atoms with Crippen molar-refractivity contribution in [3.63, 3.8) is 0 Å². The highest BCUT2D eigenvalue weighted by molar-refractivity contribution is 7.90. The maximum Gasteiger partial charge on any atom is 0.268 e. The van der Waals surface area contributed by atoms with Crippen molar-refractivity contribution in [1.82, 2.24) is 23.9 Å². The molecule has 0 atom stereocenters. The Labute approximate surface area is 215 Å². The van der Waals surface area contributed by atoms with E-state index in [2.05, 4.69) is 9.97 Å². The largest absolute Gasteiger partial charge is 0.268 e. The number of benzene rings is 2. The second-order valence-electron chi connectivity index (χ2n) is 10.1. The van der Waals surface area contributed by atoms with Crippen LogP contribution in [0.2, 0.25) is 0 Å². The Kier molecular flexibility index (Phi) is 5.01. The SMILES string of the molecule is Cc1ccc(S(=O)(=O)n2cc(-c3cncc(C4CC4)n3)c3cc(-c4cncc(C5CC5)n4)ccc32)cc1. The van der Waals surface area contributed by atoms with Gasteiger partial charge in [0.15, 0.2) is 0 Å². The van der Waals surface area contributed by atoms with Gasteiger partial charge in [0.1, 0.15) is 0 Å². The van der Waals surface area contributed by atoms with Gasteiger partial charge in [0.05, 0.1) is 45.6 Å². The first-order valence-electron chi connectivity index (χ1n) is 12.6. The highest BCUT2D eigenvalue weighted by atomic mass is 32.2. The molecule has 7 nitrogen and oxygen atoms in total. The van der Waals surface area contributed by atoms with E-state index < -0.39 is 10.0 Å². The minimum atomic E-state index is -3.83. The summed E-state index contributed by atoms with van der Waals surface area (Å²) in [5.74, 6) is 0.931. The van der Waals surface area contributed by atoms with Crippen molar-refractivity contribution in [2.45, 2.75) is 49.3 Å². The Morgan fingerprint density at radius 1 is 0.784 bits per heavy atom. The summed E-state index contributed by atoms with van der Waals surface area (Å²) < 4.78 is 28.9. The van der Waals surface area contributed by atoms with Crippen LogP contribution < -0.4 is 0 Å². The first kappa shape index (κ1) is 22.3. The average Bonchev–Trinajstić information content (AvgIpc) is 3.85. The summed E-state index contributed by atoms with van der Waals surface area (Å²) in [5.41, 5.74) is 6.63. The molecule has 2 aliphatic rings. The van der Waals surface area contributed by atoms with Crippen molar-refractivity contribution >= 4 is 20.9 Å². The van der Waals surface area contributed by atoms with E-state index in [-0.39, 0.29) is 4.90 Å². The van der Waals surface area contributed by atoms with Gasteiger partial charge in [0.2, 0.25) is 0 Å². The molecule has 8 heteroatoms. The quantitative estimate of drug-likeness (QED) is 0.286. The van der Waals surface area contributed by atoms with E-state index in [4.69, 9.17) is 9.97 Å². The summed E-state index contributed by atoms with van der Waals surface area (Å²) in [6, 6.07) is 12.7. The predicted octanol–water partition coefficient (Wildman–Crippen LogP) is 5.86. The first-order chi connectivity index (χ1) is 18.0. The summed E-state index contributed by atoms with van der Waals surface area (Å²) in [6.45, 7) is 1.94. The zero-order valence-electron chi connectivity index (χ0n) is 20.4. The van der Waals surface area contributed by atoms with Gasteiger partial charge in [-0.05, 0) is 56.9 Å². The number of hydrogen-bond acceptors (Lipinski definition) is 6. The van der Waals surface area contributed by atoms with Crippen LogP contribution in [-0.2, 0) is 10.0 Å². The standard InChI is InChI=1S/C29H25N5O2S/c1-18-2-9-22(10-3-18)37(35,36)34-17-24(28-16-31-14-26(33-28)20-6-7-20)23-12-21(8-11-29(23)34)27-15-30-13-25(32-27)19-4-5-19/h2-3,8-17,19-20H,4-7H2,1H3. The highest BCUT2D eigenvalue weighted by Gasteiger charge is 2.28. The lowest BCUT2D eigenvalue weighted by Crippen LogP contribution is -2.11. The molecular weight excluding hydrogens is 482 g/mol. The topological polar surface area (TPSA) is 90.6 Å². The number of rotatable bonds is 6. The van der Waals surface area contributed by atoms with Gasteiger partial charge in [-0.15, -0.1) is 0 Å². The van der Waals surface area contributed by atoms with Crippen LogP contribution in [0.15, 0.2) is 78.3 Å². The Morgan fingerprint density at radius 2 is 1.41 bits per heavy atom. The smallest absolute Gasteiger partial charge is 0.261 e. The van der Waals surface area contributed by atoms with Gasteiger partial charge in [-0.2, -0.15) is 0 Å². The van der Waals surface area contributed by atoms with Crippen molar-refractivity contribution in [2.75, 3.05) is 0 Å². The fourth-order valence-corrected chi connectivity index (χ4v) is 6.14. The molecule has 0 unspecified atom stereocenters. The third-order valence-electron chi connectivity index (χ3n) is 7.22. The normalized spacial score (nSPS) is 15.8. The van der Waals surface area contributed by atoms with Gasteiger partial charge in [-0.25, -0.2) is 22.4 Å². The molecule has 2 saturated carbocycles. The summed E-state index contributed by atoms with van der Waals surface area (Å²) >= 11 is 0. The maximum absolute atomic E-state index is 13.8. The number of aryl methyl sites for hydroxylation is 1. The van der Waals surface area contributed by atoms with Crippen LogP contribution in [0.1, 0.15) is 54.5 Å². The van der Waals surface area contributed by atoms with Gasteiger partial charge in [-0.3, -0.25) is 9.97 Å². The maximum atomic E-state index is 13.8. The molecule has 2 aliphatic carbocycles. The van der Waals surface area contributed by atoms with Crippen LogP contribution >= 0.6 is 0 Å². The minimum absolute atomic E-state index is 0.242. The van der Waals surface area contributed by atoms with Gasteiger partial charge < -0.3 is 0 Å². The van der Waals surface area contributed by atoms with Gasteiger partial charge >= 0.3 is 0 Å². The molecule has 0 spiro atoms. The summed E-state index contributed by atoms with van der Waals surface area (Å²) in [5, 5.41) is 0.786. The molecule has 2 fully saturated rings. The number of aromatic nitrogens is 5. The van der Waals surface area contributed by atoms with Crippen LogP contribution in [0.3, 0.4) is 0 Å². The Bertz CT molecular complexity index is 1770. The van der Waals surface area contributed by atoms with Gasteiger partial charge in [0, 0.05) is 46.9 Å². The average molecular weight is 508 g/mol. The van der Waals surface area contributed by atoms with E-state index >= 15 is 0 Å². The third-order valence-corrected chi connectivity index (χ3v) is 8.91. The summed E-state index contributed by atoms with van der Waals surface area (Å²) in [6.07, 6.45) is 13.3. The molecule has 37 heavy (non-hydrogen) atoms. The Balaban J connectivity index is 1.43. The van der Waals surface area contributed by atoms with Crippen LogP contribution in [0, 0.1) is 6.92 Å². The first-order valence-corrected chi connectivity index (χ1v) is 14.0. The molecule has 3 heterocycles. The number of hydrogen-bond donors (Lipinski definition) is 0. The molecule has 7 rings (SSSR count). The predicted molar refractivity (Wildman–Crippen MR) is 142 cm³/mol. The molecule has 0 N–H and O–H groups in total. The number of nitrogens with zero attached hydrogens (tertiary/aromatic N) is 5. The molecule has 0 saturated heterocycles. The second kappa shape index (κ2) is 8.31. The molecule has 3 aromatic heterocycles. The van der Waals surface area contributed by atoms with E-state index in [1.54, 1.807) is 30.7 Å². The van der Waals surface area contributed by atoms with Crippen molar-refractivity contribution < 1.29 is 8.42 Å². The molecule has 0 amide bonds. The van der Waals surface area contributed by atoms with Crippen molar-refractivity contribution in [2.24, 2.45) is 0 Å². The monoisotopic (exact) mass is 507 g/mol. The van der Waals surface area contributed by atoms with Crippen LogP contribution in [0.5, 0.6) is 0 Å². The molecule has 2 aromatic carbocycles. The Morgan fingerprint density at radius 3 is 2.05 bits per heavy atom. The lowest BCUT2D eigenvalue weighted by molar-refractivity contribution is 0.589. The van der Waals surface area contributed by atoms with E-state index in [1.807, 2.05) is 49.6 Å². The molecule has 0 bridgehead atoms. The van der Waals surface area contributed by atoms with Crippen LogP contribution in [0.25, 0.3) is 33.4 Å². The zero-order chi connectivity index (χ0) is 25.1. The molecule has 0 aliphatic heterocycles. The second-order valence-corrected chi connectivity index (χ2v) is 11.9. The number of fused-ring (bicyclic) bond motifs is 1. The third kappa shape index (κ3) is 4.01. The van der Waals surface area contributed by atoms with E-state index in [0.29, 0.717) is 23.0 Å². The minimum Gasteiger partial charge on any atom is -0.261 e. The van der Waals surface area contributed by atoms with E-state index in [0.717, 1.165) is 64.8 Å². The van der Waals surface area contributed by atoms with Crippen molar-refractivity contribution in [3.05, 3.63) is 90.4 Å². The van der Waals surface area contributed by atoms with Crippen LogP contribution in [0.4, 0.5) is 0 Å².